The van der Waals surface area contributed by atoms with E-state index in [4.69, 9.17) is 9.47 Å². The summed E-state index contributed by atoms with van der Waals surface area (Å²) in [6.45, 7) is 2.34. The summed E-state index contributed by atoms with van der Waals surface area (Å²) in [5, 5.41) is 13.9. The van der Waals surface area contributed by atoms with Crippen molar-refractivity contribution in [3.8, 4) is 11.5 Å². The molecule has 0 bridgehead atoms. The number of aliphatic hydroxyl groups is 1. The van der Waals surface area contributed by atoms with Crippen molar-refractivity contribution in [1.82, 2.24) is 5.32 Å². The lowest BCUT2D eigenvalue weighted by Crippen LogP contribution is -2.36. The molecule has 18 heavy (non-hydrogen) atoms. The Morgan fingerprint density at radius 1 is 1.22 bits per heavy atom. The second kappa shape index (κ2) is 5.16. The van der Waals surface area contributed by atoms with Gasteiger partial charge in [0.15, 0.2) is 0 Å². The number of nitrogens with one attached hydrogen (secondary N) is 1. The molecular weight excluding hydrogens is 230 g/mol. The van der Waals surface area contributed by atoms with Crippen LogP contribution in [0.3, 0.4) is 0 Å². The zero-order valence-corrected chi connectivity index (χ0v) is 11.2. The number of methoxy groups -OCH3 is 2. The first kappa shape index (κ1) is 13.2. The molecule has 1 atom stereocenters. The van der Waals surface area contributed by atoms with Crippen LogP contribution >= 0.6 is 0 Å². The highest BCUT2D eigenvalue weighted by Crippen LogP contribution is 2.30. The normalized spacial score (nSPS) is 18.2. The maximum Gasteiger partial charge on any atom is 0.122 e. The predicted molar refractivity (Wildman–Crippen MR) is 70.1 cm³/mol. The van der Waals surface area contributed by atoms with E-state index in [0.717, 1.165) is 5.56 Å². The van der Waals surface area contributed by atoms with E-state index in [-0.39, 0.29) is 0 Å². The van der Waals surface area contributed by atoms with Gasteiger partial charge in [-0.2, -0.15) is 0 Å². The van der Waals surface area contributed by atoms with Crippen molar-refractivity contribution in [1.29, 1.82) is 0 Å². The average Bonchev–Trinajstić information content (AvgIpc) is 3.20. The molecule has 4 heteroatoms. The zero-order chi connectivity index (χ0) is 13.2. The number of rotatable bonds is 6. The van der Waals surface area contributed by atoms with Crippen LogP contribution in [0.1, 0.15) is 25.3 Å². The molecule has 1 aromatic rings. The van der Waals surface area contributed by atoms with Crippen LogP contribution in [0.4, 0.5) is 0 Å². The minimum absolute atomic E-state index is 0.536. The van der Waals surface area contributed by atoms with E-state index in [1.54, 1.807) is 27.2 Å². The zero-order valence-electron chi connectivity index (χ0n) is 11.2. The lowest BCUT2D eigenvalue weighted by atomic mass is 9.95. The van der Waals surface area contributed by atoms with Crippen molar-refractivity contribution in [3.05, 3.63) is 23.8 Å². The third kappa shape index (κ3) is 3.15. The molecule has 1 unspecified atom stereocenters. The Morgan fingerprint density at radius 2 is 1.78 bits per heavy atom. The highest BCUT2D eigenvalue weighted by atomic mass is 16.5. The molecular formula is C14H21NO3. The smallest absolute Gasteiger partial charge is 0.122 e. The molecule has 0 radical (unpaired) electrons. The van der Waals surface area contributed by atoms with Crippen molar-refractivity contribution >= 4 is 0 Å². The third-order valence-corrected chi connectivity index (χ3v) is 3.29. The van der Waals surface area contributed by atoms with Crippen LogP contribution in [0.15, 0.2) is 18.2 Å². The summed E-state index contributed by atoms with van der Waals surface area (Å²) in [7, 11) is 3.21. The third-order valence-electron chi connectivity index (χ3n) is 3.29. The van der Waals surface area contributed by atoms with E-state index in [9.17, 15) is 5.11 Å². The lowest BCUT2D eigenvalue weighted by molar-refractivity contribution is 0.0561. The number of hydrogen-bond donors (Lipinski definition) is 2. The van der Waals surface area contributed by atoms with Crippen molar-refractivity contribution in [2.24, 2.45) is 0 Å². The van der Waals surface area contributed by atoms with Gasteiger partial charge in [0.25, 0.3) is 0 Å². The molecule has 100 valence electrons. The van der Waals surface area contributed by atoms with Gasteiger partial charge in [0.1, 0.15) is 11.5 Å². The van der Waals surface area contributed by atoms with Crippen molar-refractivity contribution < 1.29 is 14.6 Å². The van der Waals surface area contributed by atoms with Gasteiger partial charge in [0.05, 0.1) is 19.8 Å². The summed E-state index contributed by atoms with van der Waals surface area (Å²) in [5.74, 6) is 1.38. The molecule has 0 aliphatic heterocycles. The molecule has 1 fully saturated rings. The Kier molecular flexibility index (Phi) is 3.78. The Morgan fingerprint density at radius 3 is 2.22 bits per heavy atom. The largest absolute Gasteiger partial charge is 0.497 e. The molecule has 1 aliphatic rings. The van der Waals surface area contributed by atoms with Crippen LogP contribution in [0.5, 0.6) is 11.5 Å². The second-order valence-electron chi connectivity index (χ2n) is 5.03. The minimum atomic E-state index is -0.926. The summed E-state index contributed by atoms with van der Waals surface area (Å²) < 4.78 is 10.4. The van der Waals surface area contributed by atoms with Crippen LogP contribution in [0, 0.1) is 0 Å². The number of hydrogen-bond acceptors (Lipinski definition) is 4. The fraction of sp³-hybridized carbons (Fsp3) is 0.571. The van der Waals surface area contributed by atoms with Crippen molar-refractivity contribution in [2.75, 3.05) is 20.8 Å². The van der Waals surface area contributed by atoms with E-state index >= 15 is 0 Å². The molecule has 1 aliphatic carbocycles. The predicted octanol–water partition coefficient (Wildman–Crippen LogP) is 1.66. The highest BCUT2D eigenvalue weighted by Gasteiger charge is 2.28. The Hall–Kier alpha value is -1.26. The van der Waals surface area contributed by atoms with Crippen molar-refractivity contribution in [2.45, 2.75) is 31.4 Å². The second-order valence-corrected chi connectivity index (χ2v) is 5.03. The van der Waals surface area contributed by atoms with E-state index in [1.807, 2.05) is 12.1 Å². The van der Waals surface area contributed by atoms with Crippen LogP contribution in [-0.2, 0) is 5.60 Å². The maximum absolute atomic E-state index is 10.5. The molecule has 0 aromatic heterocycles. The molecule has 0 saturated heterocycles. The Labute approximate surface area is 108 Å². The molecule has 4 nitrogen and oxygen atoms in total. The first-order valence-corrected chi connectivity index (χ1v) is 6.24. The van der Waals surface area contributed by atoms with Gasteiger partial charge in [-0.15, -0.1) is 0 Å². The summed E-state index contributed by atoms with van der Waals surface area (Å²) in [6, 6.07) is 6.06. The quantitative estimate of drug-likeness (QED) is 0.807. The van der Waals surface area contributed by atoms with Crippen molar-refractivity contribution in [3.63, 3.8) is 0 Å². The molecule has 2 rings (SSSR count). The molecule has 1 aromatic carbocycles. The van der Waals surface area contributed by atoms with E-state index in [1.165, 1.54) is 12.8 Å². The Balaban J connectivity index is 2.17. The van der Waals surface area contributed by atoms with Gasteiger partial charge in [-0.25, -0.2) is 0 Å². The van der Waals surface area contributed by atoms with Gasteiger partial charge in [0.2, 0.25) is 0 Å². The minimum Gasteiger partial charge on any atom is -0.497 e. The first-order chi connectivity index (χ1) is 8.55. The standard InChI is InChI=1S/C14H21NO3/c1-14(16,9-15-11-4-5-11)10-6-12(17-2)8-13(7-10)18-3/h6-8,11,15-16H,4-5,9H2,1-3H3. The van der Waals surface area contributed by atoms with E-state index in [2.05, 4.69) is 5.32 Å². The average molecular weight is 251 g/mol. The van der Waals surface area contributed by atoms with Gasteiger partial charge >= 0.3 is 0 Å². The Bertz CT molecular complexity index is 391. The van der Waals surface area contributed by atoms with Crippen LogP contribution in [0.25, 0.3) is 0 Å². The number of benzene rings is 1. The van der Waals surface area contributed by atoms with E-state index in [0.29, 0.717) is 24.1 Å². The summed E-state index contributed by atoms with van der Waals surface area (Å²) in [4.78, 5) is 0. The lowest BCUT2D eigenvalue weighted by Gasteiger charge is -2.25. The molecule has 0 spiro atoms. The summed E-state index contributed by atoms with van der Waals surface area (Å²) in [5.41, 5.74) is -0.128. The monoisotopic (exact) mass is 251 g/mol. The van der Waals surface area contributed by atoms with Gasteiger partial charge in [-0.1, -0.05) is 0 Å². The van der Waals surface area contributed by atoms with Gasteiger partial charge in [-0.05, 0) is 37.5 Å². The van der Waals surface area contributed by atoms with Gasteiger partial charge in [-0.3, -0.25) is 0 Å². The molecule has 2 N–H and O–H groups in total. The fourth-order valence-electron chi connectivity index (χ4n) is 1.85. The highest BCUT2D eigenvalue weighted by molar-refractivity contribution is 5.41. The van der Waals surface area contributed by atoms with Crippen LogP contribution in [0.2, 0.25) is 0 Å². The fourth-order valence-corrected chi connectivity index (χ4v) is 1.85. The molecule has 1 saturated carbocycles. The SMILES string of the molecule is COc1cc(OC)cc(C(C)(O)CNC2CC2)c1. The van der Waals surface area contributed by atoms with Crippen LogP contribution in [-0.4, -0.2) is 31.9 Å². The van der Waals surface area contributed by atoms with Gasteiger partial charge in [0, 0.05) is 18.7 Å². The number of ether oxygens (including phenoxy) is 2. The topological polar surface area (TPSA) is 50.7 Å². The first-order valence-electron chi connectivity index (χ1n) is 6.24. The summed E-state index contributed by atoms with van der Waals surface area (Å²) >= 11 is 0. The van der Waals surface area contributed by atoms with Gasteiger partial charge < -0.3 is 19.9 Å². The summed E-state index contributed by atoms with van der Waals surface area (Å²) in [6.07, 6.45) is 2.41. The van der Waals surface area contributed by atoms with Crippen LogP contribution < -0.4 is 14.8 Å². The molecule has 0 amide bonds. The van der Waals surface area contributed by atoms with E-state index < -0.39 is 5.60 Å². The maximum atomic E-state index is 10.5. The molecule has 0 heterocycles.